The maximum Gasteiger partial charge on any atom is 0.330 e. The second kappa shape index (κ2) is 21.2. The Morgan fingerprint density at radius 3 is 1.68 bits per heavy atom. The largest absolute Gasteiger partial charge is 0.463 e. The van der Waals surface area contributed by atoms with E-state index in [1.165, 1.54) is 0 Å². The number of carbonyl (C=O) groups excluding carboxylic acids is 3. The first kappa shape index (κ1) is 31.7. The van der Waals surface area contributed by atoms with Crippen LogP contribution >= 0.6 is 0 Å². The van der Waals surface area contributed by atoms with Crippen LogP contribution in [0, 0.1) is 5.41 Å². The quantitative estimate of drug-likeness (QED) is 0.0892. The molecule has 0 heterocycles. The maximum absolute atomic E-state index is 11.7. The van der Waals surface area contributed by atoms with E-state index in [0.29, 0.717) is 19.5 Å². The van der Waals surface area contributed by atoms with Crippen molar-refractivity contribution in [3.05, 3.63) is 25.3 Å². The van der Waals surface area contributed by atoms with Gasteiger partial charge < -0.3 is 38.8 Å². The monoisotopic (exact) mass is 489 g/mol. The number of aliphatic hydroxyl groups excluding tert-OH is 1. The standard InChI is InChI=1S/C23H39NO10/c1-4-20(26)32-14-11-29-17-23(6-3,18-30-12-15-33-21(27)5-2)19-31-13-16-34-22(28)7-8-24-9-10-25/h4-5,24-25H,1-2,6-19H2,3H3. The Morgan fingerprint density at radius 2 is 1.26 bits per heavy atom. The Kier molecular flexibility index (Phi) is 19.8. The molecule has 0 bridgehead atoms. The highest BCUT2D eigenvalue weighted by Crippen LogP contribution is 2.24. The topological polar surface area (TPSA) is 139 Å². The lowest BCUT2D eigenvalue weighted by Gasteiger charge is -2.32. The molecule has 0 aliphatic heterocycles. The van der Waals surface area contributed by atoms with Gasteiger partial charge in [0.1, 0.15) is 19.8 Å². The molecule has 0 aliphatic rings. The van der Waals surface area contributed by atoms with Crippen molar-refractivity contribution in [1.82, 2.24) is 5.32 Å². The summed E-state index contributed by atoms with van der Waals surface area (Å²) >= 11 is 0. The molecule has 0 fully saturated rings. The van der Waals surface area contributed by atoms with Crippen molar-refractivity contribution in [2.45, 2.75) is 19.8 Å². The molecule has 0 unspecified atom stereocenters. The lowest BCUT2D eigenvalue weighted by atomic mass is 9.88. The number of rotatable bonds is 23. The van der Waals surface area contributed by atoms with Gasteiger partial charge in [-0.25, -0.2) is 9.59 Å². The van der Waals surface area contributed by atoms with Crippen LogP contribution in [0.3, 0.4) is 0 Å². The molecule has 0 spiro atoms. The fourth-order valence-electron chi connectivity index (χ4n) is 2.50. The van der Waals surface area contributed by atoms with Gasteiger partial charge in [-0.2, -0.15) is 0 Å². The predicted molar refractivity (Wildman–Crippen MR) is 123 cm³/mol. The molecule has 0 aliphatic carbocycles. The molecule has 0 aromatic heterocycles. The fourth-order valence-corrected chi connectivity index (χ4v) is 2.50. The van der Waals surface area contributed by atoms with E-state index in [-0.39, 0.29) is 78.5 Å². The summed E-state index contributed by atoms with van der Waals surface area (Å²) in [6.07, 6.45) is 3.01. The molecule has 0 saturated heterocycles. The van der Waals surface area contributed by atoms with Gasteiger partial charge in [-0.1, -0.05) is 20.1 Å². The normalized spacial score (nSPS) is 11.0. The van der Waals surface area contributed by atoms with E-state index in [2.05, 4.69) is 18.5 Å². The van der Waals surface area contributed by atoms with Crippen LogP contribution in [0.5, 0.6) is 0 Å². The van der Waals surface area contributed by atoms with Crippen LogP contribution in [0.4, 0.5) is 0 Å². The smallest absolute Gasteiger partial charge is 0.330 e. The molecular weight excluding hydrogens is 450 g/mol. The number of hydrogen-bond donors (Lipinski definition) is 2. The van der Waals surface area contributed by atoms with E-state index in [4.69, 9.17) is 33.5 Å². The highest BCUT2D eigenvalue weighted by Gasteiger charge is 2.30. The SMILES string of the molecule is C=CC(=O)OCCOCC(CC)(COCCOC(=O)C=C)COCCOC(=O)CCNCCO. The molecular formula is C23H39NO10. The summed E-state index contributed by atoms with van der Waals surface area (Å²) < 4.78 is 32.0. The Labute approximate surface area is 201 Å². The second-order valence-electron chi connectivity index (χ2n) is 7.20. The fraction of sp³-hybridized carbons (Fsp3) is 0.696. The van der Waals surface area contributed by atoms with E-state index >= 15 is 0 Å². The summed E-state index contributed by atoms with van der Waals surface area (Å²) in [7, 11) is 0. The maximum atomic E-state index is 11.7. The van der Waals surface area contributed by atoms with Gasteiger partial charge in [0, 0.05) is 30.7 Å². The van der Waals surface area contributed by atoms with Crippen LogP contribution < -0.4 is 5.32 Å². The molecule has 0 aromatic rings. The summed E-state index contributed by atoms with van der Waals surface area (Å²) in [6.45, 7) is 11.2. The van der Waals surface area contributed by atoms with Gasteiger partial charge >= 0.3 is 17.9 Å². The van der Waals surface area contributed by atoms with E-state index in [1.54, 1.807) is 0 Å². The number of aliphatic hydroxyl groups is 1. The Morgan fingerprint density at radius 1 is 0.794 bits per heavy atom. The molecule has 0 atom stereocenters. The summed E-state index contributed by atoms with van der Waals surface area (Å²) in [4.78, 5) is 33.9. The van der Waals surface area contributed by atoms with Gasteiger partial charge in [-0.15, -0.1) is 0 Å². The number of nitrogens with one attached hydrogen (secondary N) is 1. The van der Waals surface area contributed by atoms with E-state index in [0.717, 1.165) is 12.2 Å². The molecule has 11 nitrogen and oxygen atoms in total. The molecule has 196 valence electrons. The molecule has 34 heavy (non-hydrogen) atoms. The van der Waals surface area contributed by atoms with Crippen LogP contribution in [0.15, 0.2) is 25.3 Å². The summed E-state index contributed by atoms with van der Waals surface area (Å²) in [5.41, 5.74) is -0.511. The molecule has 0 amide bonds. The van der Waals surface area contributed by atoms with Crippen LogP contribution in [-0.2, 0) is 42.8 Å². The molecule has 0 saturated carbocycles. The minimum Gasteiger partial charge on any atom is -0.463 e. The summed E-state index contributed by atoms with van der Waals surface area (Å²) in [6, 6.07) is 0. The third kappa shape index (κ3) is 17.2. The van der Waals surface area contributed by atoms with E-state index in [9.17, 15) is 14.4 Å². The summed E-state index contributed by atoms with van der Waals surface area (Å²) in [5, 5.41) is 11.6. The van der Waals surface area contributed by atoms with Gasteiger partial charge in [0.25, 0.3) is 0 Å². The number of carbonyl (C=O) groups is 3. The third-order valence-electron chi connectivity index (χ3n) is 4.54. The predicted octanol–water partition coefficient (Wildman–Crippen LogP) is 0.406. The number of esters is 3. The highest BCUT2D eigenvalue weighted by atomic mass is 16.6. The first-order valence-corrected chi connectivity index (χ1v) is 11.2. The van der Waals surface area contributed by atoms with Crippen LogP contribution in [0.2, 0.25) is 0 Å². The molecule has 2 N–H and O–H groups in total. The minimum absolute atomic E-state index is 0.00936. The first-order valence-electron chi connectivity index (χ1n) is 11.2. The number of hydrogen-bond acceptors (Lipinski definition) is 11. The lowest BCUT2D eigenvalue weighted by molar-refractivity contribution is -0.146. The minimum atomic E-state index is -0.523. The number of ether oxygens (including phenoxy) is 6. The zero-order valence-electron chi connectivity index (χ0n) is 20.1. The third-order valence-corrected chi connectivity index (χ3v) is 4.54. The second-order valence-corrected chi connectivity index (χ2v) is 7.20. The molecule has 0 radical (unpaired) electrons. The summed E-state index contributed by atoms with van der Waals surface area (Å²) in [5.74, 6) is -1.40. The van der Waals surface area contributed by atoms with Crippen molar-refractivity contribution in [2.24, 2.45) is 5.41 Å². The zero-order valence-corrected chi connectivity index (χ0v) is 20.1. The average Bonchev–Trinajstić information content (AvgIpc) is 2.85. The van der Waals surface area contributed by atoms with Crippen LogP contribution in [-0.4, -0.2) is 102 Å². The first-order chi connectivity index (χ1) is 16.4. The Hall–Kier alpha value is -2.31. The van der Waals surface area contributed by atoms with Gasteiger partial charge in [-0.3, -0.25) is 4.79 Å². The van der Waals surface area contributed by atoms with Crippen molar-refractivity contribution in [3.8, 4) is 0 Å². The van der Waals surface area contributed by atoms with Crippen molar-refractivity contribution >= 4 is 17.9 Å². The van der Waals surface area contributed by atoms with Crippen molar-refractivity contribution in [1.29, 1.82) is 0 Å². The van der Waals surface area contributed by atoms with Gasteiger partial charge in [0.2, 0.25) is 0 Å². The van der Waals surface area contributed by atoms with Crippen LogP contribution in [0.1, 0.15) is 19.8 Å². The van der Waals surface area contributed by atoms with Gasteiger partial charge in [-0.05, 0) is 6.42 Å². The molecule has 0 aromatic carbocycles. The van der Waals surface area contributed by atoms with Crippen molar-refractivity contribution in [2.75, 3.05) is 79.2 Å². The van der Waals surface area contributed by atoms with Crippen molar-refractivity contribution < 1.29 is 47.9 Å². The van der Waals surface area contributed by atoms with Crippen LogP contribution in [0.25, 0.3) is 0 Å². The van der Waals surface area contributed by atoms with E-state index < -0.39 is 17.4 Å². The van der Waals surface area contributed by atoms with E-state index in [1.807, 2.05) is 6.92 Å². The highest BCUT2D eigenvalue weighted by molar-refractivity contribution is 5.81. The van der Waals surface area contributed by atoms with Gasteiger partial charge in [0.05, 0.1) is 52.7 Å². The van der Waals surface area contributed by atoms with Crippen molar-refractivity contribution in [3.63, 3.8) is 0 Å². The van der Waals surface area contributed by atoms with Gasteiger partial charge in [0.15, 0.2) is 0 Å². The molecule has 0 rings (SSSR count). The molecule has 11 heteroatoms. The lowest BCUT2D eigenvalue weighted by Crippen LogP contribution is -2.38. The Bertz CT molecular complexity index is 566. The zero-order chi connectivity index (χ0) is 25.5. The Balaban J connectivity index is 4.46. The average molecular weight is 490 g/mol.